The zero-order valence-corrected chi connectivity index (χ0v) is 11.4. The minimum absolute atomic E-state index is 0.269. The van der Waals surface area contributed by atoms with Gasteiger partial charge in [-0.05, 0) is 33.8 Å². The fraction of sp³-hybridized carbons (Fsp3) is 0.846. The van der Waals surface area contributed by atoms with Gasteiger partial charge in [-0.1, -0.05) is 6.58 Å². The molecule has 0 aromatic heterocycles. The van der Waals surface area contributed by atoms with E-state index in [1.807, 2.05) is 13.8 Å². The third-order valence-electron chi connectivity index (χ3n) is 3.30. The standard InChI is InChI=1S/C13H22O5/c1-6-13(5)15-7-9(16-13)11-10(8(2)14)17-12(3,4)18-11/h6,8-11,14H,1,7H2,2-5H3. The van der Waals surface area contributed by atoms with Crippen molar-refractivity contribution < 1.29 is 24.1 Å². The fourth-order valence-electron chi connectivity index (χ4n) is 2.36. The van der Waals surface area contributed by atoms with Crippen molar-refractivity contribution >= 4 is 0 Å². The Morgan fingerprint density at radius 1 is 1.28 bits per heavy atom. The molecule has 2 rings (SSSR count). The van der Waals surface area contributed by atoms with E-state index in [2.05, 4.69) is 6.58 Å². The van der Waals surface area contributed by atoms with E-state index in [-0.39, 0.29) is 12.2 Å². The molecule has 0 saturated carbocycles. The molecular weight excluding hydrogens is 236 g/mol. The number of aliphatic hydroxyl groups excluding tert-OH is 1. The summed E-state index contributed by atoms with van der Waals surface area (Å²) in [6, 6.07) is 0. The first-order valence-electron chi connectivity index (χ1n) is 6.25. The summed E-state index contributed by atoms with van der Waals surface area (Å²) in [5.41, 5.74) is 0. The second-order valence-corrected chi connectivity index (χ2v) is 5.49. The molecule has 5 heteroatoms. The van der Waals surface area contributed by atoms with Crippen LogP contribution in [0.4, 0.5) is 0 Å². The van der Waals surface area contributed by atoms with Crippen molar-refractivity contribution in [3.05, 3.63) is 12.7 Å². The van der Waals surface area contributed by atoms with Gasteiger partial charge in [0.1, 0.15) is 18.3 Å². The molecule has 2 saturated heterocycles. The summed E-state index contributed by atoms with van der Waals surface area (Å²) in [6.07, 6.45) is -0.0430. The summed E-state index contributed by atoms with van der Waals surface area (Å²) < 4.78 is 22.9. The van der Waals surface area contributed by atoms with Gasteiger partial charge in [-0.3, -0.25) is 0 Å². The van der Waals surface area contributed by atoms with Crippen LogP contribution in [0.1, 0.15) is 27.7 Å². The highest BCUT2D eigenvalue weighted by molar-refractivity contribution is 4.97. The average molecular weight is 258 g/mol. The molecule has 0 radical (unpaired) electrons. The topological polar surface area (TPSA) is 57.2 Å². The Hall–Kier alpha value is -0.460. The number of hydrogen-bond donors (Lipinski definition) is 1. The summed E-state index contributed by atoms with van der Waals surface area (Å²) >= 11 is 0. The monoisotopic (exact) mass is 258 g/mol. The molecule has 2 heterocycles. The van der Waals surface area contributed by atoms with E-state index in [1.54, 1.807) is 19.9 Å². The smallest absolute Gasteiger partial charge is 0.185 e. The van der Waals surface area contributed by atoms with E-state index in [0.717, 1.165) is 0 Å². The van der Waals surface area contributed by atoms with E-state index >= 15 is 0 Å². The lowest BCUT2D eigenvalue weighted by Crippen LogP contribution is -2.43. The van der Waals surface area contributed by atoms with Gasteiger partial charge >= 0.3 is 0 Å². The SMILES string of the molecule is C=CC1(C)OCC(C2OC(C)(C)OC2C(C)O)O1. The van der Waals surface area contributed by atoms with Gasteiger partial charge in [-0.25, -0.2) is 0 Å². The Bertz CT molecular complexity index is 327. The molecule has 5 nitrogen and oxygen atoms in total. The van der Waals surface area contributed by atoms with Gasteiger partial charge in [0.05, 0.1) is 12.7 Å². The van der Waals surface area contributed by atoms with Gasteiger partial charge in [-0.2, -0.15) is 0 Å². The van der Waals surface area contributed by atoms with E-state index in [4.69, 9.17) is 18.9 Å². The Labute approximate surface area is 108 Å². The van der Waals surface area contributed by atoms with Crippen molar-refractivity contribution in [2.45, 2.75) is 63.7 Å². The van der Waals surface area contributed by atoms with Crippen molar-refractivity contribution in [1.29, 1.82) is 0 Å². The summed E-state index contributed by atoms with van der Waals surface area (Å²) in [5.74, 6) is -1.51. The number of aliphatic hydroxyl groups is 1. The van der Waals surface area contributed by atoms with Crippen LogP contribution < -0.4 is 0 Å². The van der Waals surface area contributed by atoms with Crippen LogP contribution in [0.15, 0.2) is 12.7 Å². The Balaban J connectivity index is 2.10. The lowest BCUT2D eigenvalue weighted by Gasteiger charge is -2.25. The Morgan fingerprint density at radius 2 is 1.94 bits per heavy atom. The summed E-state index contributed by atoms with van der Waals surface area (Å²) in [5, 5.41) is 9.78. The molecule has 0 amide bonds. The summed E-state index contributed by atoms with van der Waals surface area (Å²) in [7, 11) is 0. The number of rotatable bonds is 3. The maximum Gasteiger partial charge on any atom is 0.185 e. The van der Waals surface area contributed by atoms with Crippen LogP contribution in [0, 0.1) is 0 Å². The first kappa shape index (κ1) is 14.0. The zero-order valence-electron chi connectivity index (χ0n) is 11.4. The highest BCUT2D eigenvalue weighted by Crippen LogP contribution is 2.36. The first-order valence-corrected chi connectivity index (χ1v) is 6.25. The molecule has 0 bridgehead atoms. The fourth-order valence-corrected chi connectivity index (χ4v) is 2.36. The zero-order chi connectivity index (χ0) is 13.6. The number of hydrogen-bond acceptors (Lipinski definition) is 5. The molecule has 0 spiro atoms. The van der Waals surface area contributed by atoms with Crippen molar-refractivity contribution in [3.8, 4) is 0 Å². The third kappa shape index (κ3) is 2.60. The van der Waals surface area contributed by atoms with Gasteiger partial charge in [0.25, 0.3) is 0 Å². The van der Waals surface area contributed by atoms with E-state index in [1.165, 1.54) is 0 Å². The van der Waals surface area contributed by atoms with Crippen LogP contribution in [-0.2, 0) is 18.9 Å². The van der Waals surface area contributed by atoms with Crippen LogP contribution >= 0.6 is 0 Å². The lowest BCUT2D eigenvalue weighted by atomic mass is 10.0. The van der Waals surface area contributed by atoms with Crippen molar-refractivity contribution in [1.82, 2.24) is 0 Å². The van der Waals surface area contributed by atoms with Crippen LogP contribution in [0.2, 0.25) is 0 Å². The molecular formula is C13H22O5. The second kappa shape index (κ2) is 4.58. The van der Waals surface area contributed by atoms with Gasteiger partial charge in [0, 0.05) is 0 Å². The maximum atomic E-state index is 9.78. The van der Waals surface area contributed by atoms with Crippen molar-refractivity contribution in [2.24, 2.45) is 0 Å². The molecule has 1 N–H and O–H groups in total. The summed E-state index contributed by atoms with van der Waals surface area (Å²) in [4.78, 5) is 0. The third-order valence-corrected chi connectivity index (χ3v) is 3.30. The molecule has 18 heavy (non-hydrogen) atoms. The highest BCUT2D eigenvalue weighted by Gasteiger charge is 2.51. The molecule has 5 atom stereocenters. The van der Waals surface area contributed by atoms with Gasteiger partial charge in [-0.15, -0.1) is 0 Å². The number of ether oxygens (including phenoxy) is 4. The molecule has 2 fully saturated rings. The van der Waals surface area contributed by atoms with E-state index in [9.17, 15) is 5.11 Å². The predicted octanol–water partition coefficient (Wildman–Crippen LogP) is 1.20. The average Bonchev–Trinajstić information content (AvgIpc) is 2.80. The molecule has 2 aliphatic rings. The minimum Gasteiger partial charge on any atom is -0.391 e. The van der Waals surface area contributed by atoms with Crippen molar-refractivity contribution in [3.63, 3.8) is 0 Å². The Kier molecular flexibility index (Phi) is 3.55. The van der Waals surface area contributed by atoms with Crippen LogP contribution in [0.5, 0.6) is 0 Å². The first-order chi connectivity index (χ1) is 8.26. The van der Waals surface area contributed by atoms with Crippen molar-refractivity contribution in [2.75, 3.05) is 6.61 Å². The maximum absolute atomic E-state index is 9.78. The Morgan fingerprint density at radius 3 is 2.44 bits per heavy atom. The largest absolute Gasteiger partial charge is 0.391 e. The van der Waals surface area contributed by atoms with Crippen LogP contribution in [0.3, 0.4) is 0 Å². The molecule has 0 aliphatic carbocycles. The summed E-state index contributed by atoms with van der Waals surface area (Å²) in [6.45, 7) is 11.2. The van der Waals surface area contributed by atoms with E-state index in [0.29, 0.717) is 6.61 Å². The van der Waals surface area contributed by atoms with E-state index < -0.39 is 23.8 Å². The normalized spacial score (nSPS) is 45.1. The second-order valence-electron chi connectivity index (χ2n) is 5.49. The predicted molar refractivity (Wildman–Crippen MR) is 64.9 cm³/mol. The molecule has 2 aliphatic heterocycles. The lowest BCUT2D eigenvalue weighted by molar-refractivity contribution is -0.168. The molecule has 0 aromatic carbocycles. The van der Waals surface area contributed by atoms with Crippen LogP contribution in [0.25, 0.3) is 0 Å². The molecule has 5 unspecified atom stereocenters. The quantitative estimate of drug-likeness (QED) is 0.771. The van der Waals surface area contributed by atoms with Gasteiger partial charge in [0.2, 0.25) is 0 Å². The van der Waals surface area contributed by atoms with Gasteiger partial charge in [0.15, 0.2) is 11.6 Å². The molecule has 0 aromatic rings. The minimum atomic E-state index is -0.788. The highest BCUT2D eigenvalue weighted by atomic mass is 16.8. The van der Waals surface area contributed by atoms with Crippen LogP contribution in [-0.4, -0.2) is 47.7 Å². The molecule has 104 valence electrons. The van der Waals surface area contributed by atoms with Gasteiger partial charge < -0.3 is 24.1 Å².